The molecule has 4 rings (SSSR count). The summed E-state index contributed by atoms with van der Waals surface area (Å²) in [5.74, 6) is 0.192. The number of anilines is 1. The Labute approximate surface area is 183 Å². The number of hydrogen-bond acceptors (Lipinski definition) is 7. The van der Waals surface area contributed by atoms with Gasteiger partial charge in [-0.2, -0.15) is 4.52 Å². The number of rotatable bonds is 6. The largest absolute Gasteiger partial charge is 0.351 e. The molecule has 30 heavy (non-hydrogen) atoms. The van der Waals surface area contributed by atoms with Crippen molar-refractivity contribution in [2.75, 3.05) is 30.8 Å². The van der Waals surface area contributed by atoms with Crippen LogP contribution in [-0.2, 0) is 6.42 Å². The first kappa shape index (κ1) is 20.9. The molecule has 1 aliphatic heterocycles. The van der Waals surface area contributed by atoms with E-state index in [1.807, 2.05) is 6.26 Å². The van der Waals surface area contributed by atoms with E-state index in [-0.39, 0.29) is 5.56 Å². The molecule has 2 aromatic heterocycles. The second-order valence-electron chi connectivity index (χ2n) is 7.60. The summed E-state index contributed by atoms with van der Waals surface area (Å²) >= 11 is 3.09. The number of hydrogen-bond donors (Lipinski definition) is 1. The highest BCUT2D eigenvalue weighted by atomic mass is 32.2. The van der Waals surface area contributed by atoms with E-state index < -0.39 is 11.5 Å². The highest BCUT2D eigenvalue weighted by molar-refractivity contribution is 7.98. The Morgan fingerprint density at radius 1 is 1.33 bits per heavy atom. The molecule has 1 atom stereocenters. The molecule has 0 saturated carbocycles. The molecule has 3 aromatic rings. The fourth-order valence-electron chi connectivity index (χ4n) is 3.63. The average molecular weight is 444 g/mol. The van der Waals surface area contributed by atoms with Gasteiger partial charge in [-0.3, -0.25) is 9.59 Å². The molecule has 3 heterocycles. The Balaban J connectivity index is 1.44. The predicted molar refractivity (Wildman–Crippen MR) is 122 cm³/mol. The number of nitrogens with zero attached hydrogens (tertiary/aromatic N) is 4. The Bertz CT molecular complexity index is 1090. The summed E-state index contributed by atoms with van der Waals surface area (Å²) in [6, 6.07) is 8.24. The Hall–Kier alpha value is -2.39. The van der Waals surface area contributed by atoms with Gasteiger partial charge in [0.25, 0.3) is 11.5 Å². The Morgan fingerprint density at radius 2 is 2.13 bits per heavy atom. The highest BCUT2D eigenvalue weighted by Gasteiger charge is 2.22. The van der Waals surface area contributed by atoms with Crippen molar-refractivity contribution in [1.29, 1.82) is 0 Å². The molecular formula is C21H25N5O2S2. The zero-order valence-electron chi connectivity index (χ0n) is 17.1. The number of piperidine rings is 1. The van der Waals surface area contributed by atoms with Crippen LogP contribution in [-0.4, -0.2) is 46.4 Å². The Kier molecular flexibility index (Phi) is 6.38. The van der Waals surface area contributed by atoms with Gasteiger partial charge in [-0.15, -0.1) is 16.9 Å². The molecule has 0 radical (unpaired) electrons. The maximum Gasteiger partial charge on any atom is 0.288 e. The number of thioether (sulfide) groups is 1. The molecule has 0 aliphatic carbocycles. The van der Waals surface area contributed by atoms with Crippen LogP contribution < -0.4 is 15.8 Å². The molecule has 0 bridgehead atoms. The molecule has 9 heteroatoms. The van der Waals surface area contributed by atoms with Crippen LogP contribution in [0.4, 0.5) is 5.13 Å². The summed E-state index contributed by atoms with van der Waals surface area (Å²) in [5.41, 5.74) is 0.738. The lowest BCUT2D eigenvalue weighted by Gasteiger charge is -2.30. The SMILES string of the molecule is CSc1ccc(CCNC(=O)c2cnc3sc(N4CCC[C@H](C)C4)nn3c2=O)cc1. The molecule has 1 aromatic carbocycles. The molecule has 1 fully saturated rings. The first-order valence-corrected chi connectivity index (χ1v) is 12.1. The Morgan fingerprint density at radius 3 is 2.87 bits per heavy atom. The first-order chi connectivity index (χ1) is 14.5. The molecular weight excluding hydrogens is 418 g/mol. The van der Waals surface area contributed by atoms with Crippen molar-refractivity contribution in [3.63, 3.8) is 0 Å². The van der Waals surface area contributed by atoms with Gasteiger partial charge in [-0.05, 0) is 49.1 Å². The van der Waals surface area contributed by atoms with Crippen molar-refractivity contribution in [1.82, 2.24) is 19.9 Å². The van der Waals surface area contributed by atoms with Gasteiger partial charge >= 0.3 is 0 Å². The maximum absolute atomic E-state index is 12.8. The molecule has 1 aliphatic rings. The minimum absolute atomic E-state index is 0.0223. The first-order valence-electron chi connectivity index (χ1n) is 10.1. The third kappa shape index (κ3) is 4.52. The number of nitrogens with one attached hydrogen (secondary N) is 1. The number of aromatic nitrogens is 3. The minimum atomic E-state index is -0.422. The lowest BCUT2D eigenvalue weighted by Crippen LogP contribution is -2.35. The lowest BCUT2D eigenvalue weighted by molar-refractivity contribution is 0.0952. The summed E-state index contributed by atoms with van der Waals surface area (Å²) in [6.07, 6.45) is 6.43. The zero-order chi connectivity index (χ0) is 21.1. The van der Waals surface area contributed by atoms with Crippen LogP contribution in [0.5, 0.6) is 0 Å². The van der Waals surface area contributed by atoms with Gasteiger partial charge < -0.3 is 10.2 Å². The van der Waals surface area contributed by atoms with Crippen molar-refractivity contribution in [2.24, 2.45) is 5.92 Å². The average Bonchev–Trinajstić information content (AvgIpc) is 3.20. The van der Waals surface area contributed by atoms with Crippen molar-refractivity contribution >= 4 is 39.1 Å². The van der Waals surface area contributed by atoms with Crippen LogP contribution in [0.2, 0.25) is 0 Å². The lowest BCUT2D eigenvalue weighted by atomic mass is 10.0. The molecule has 7 nitrogen and oxygen atoms in total. The molecule has 1 amide bonds. The monoisotopic (exact) mass is 443 g/mol. The number of fused-ring (bicyclic) bond motifs is 1. The van der Waals surface area contributed by atoms with E-state index in [0.717, 1.165) is 30.2 Å². The van der Waals surface area contributed by atoms with Gasteiger partial charge in [0.2, 0.25) is 10.1 Å². The third-order valence-corrected chi connectivity index (χ3v) is 7.03. The second-order valence-corrected chi connectivity index (χ2v) is 9.42. The van der Waals surface area contributed by atoms with Crippen LogP contribution >= 0.6 is 23.1 Å². The normalized spacial score (nSPS) is 16.7. The van der Waals surface area contributed by atoms with E-state index in [9.17, 15) is 9.59 Å². The molecule has 158 valence electrons. The van der Waals surface area contributed by atoms with Crippen LogP contribution in [0.1, 0.15) is 35.7 Å². The number of benzene rings is 1. The fraction of sp³-hybridized carbons (Fsp3) is 0.429. The number of amides is 1. The summed E-state index contributed by atoms with van der Waals surface area (Å²) in [7, 11) is 0. The van der Waals surface area contributed by atoms with E-state index >= 15 is 0 Å². The summed E-state index contributed by atoms with van der Waals surface area (Å²) in [5, 5.41) is 8.08. The molecule has 1 N–H and O–H groups in total. The molecule has 1 saturated heterocycles. The van der Waals surface area contributed by atoms with Crippen molar-refractivity contribution in [3.05, 3.63) is 51.9 Å². The van der Waals surface area contributed by atoms with E-state index in [1.54, 1.807) is 11.8 Å². The smallest absolute Gasteiger partial charge is 0.288 e. The second kappa shape index (κ2) is 9.18. The standard InChI is InChI=1S/C21H25N5O2S2/c1-14-4-3-11-25(13-14)21-24-26-19(28)17(12-23-20(26)30-21)18(27)22-10-9-15-5-7-16(29-2)8-6-15/h5-8,12,14H,3-4,9-11,13H2,1-2H3,(H,22,27)/t14-/m0/s1. The van der Waals surface area contributed by atoms with Crippen LogP contribution in [0, 0.1) is 5.92 Å². The molecule has 0 spiro atoms. The van der Waals surface area contributed by atoms with Crippen LogP contribution in [0.25, 0.3) is 4.96 Å². The van der Waals surface area contributed by atoms with Gasteiger partial charge in [0.1, 0.15) is 5.56 Å². The maximum atomic E-state index is 12.8. The number of carbonyl (C=O) groups is 1. The third-order valence-electron chi connectivity index (χ3n) is 5.31. The van der Waals surface area contributed by atoms with Crippen molar-refractivity contribution in [3.8, 4) is 0 Å². The van der Waals surface area contributed by atoms with Gasteiger partial charge in [0.15, 0.2) is 0 Å². The fourth-order valence-corrected chi connectivity index (χ4v) is 4.94. The van der Waals surface area contributed by atoms with E-state index in [1.165, 1.54) is 33.4 Å². The van der Waals surface area contributed by atoms with Crippen LogP contribution in [0.3, 0.4) is 0 Å². The van der Waals surface area contributed by atoms with Crippen LogP contribution in [0.15, 0.2) is 40.2 Å². The summed E-state index contributed by atoms with van der Waals surface area (Å²) in [6.45, 7) is 4.54. The van der Waals surface area contributed by atoms with Gasteiger partial charge in [-0.1, -0.05) is 30.4 Å². The van der Waals surface area contributed by atoms with E-state index in [2.05, 4.69) is 51.5 Å². The summed E-state index contributed by atoms with van der Waals surface area (Å²) < 4.78 is 1.26. The van der Waals surface area contributed by atoms with Gasteiger partial charge in [0, 0.05) is 30.7 Å². The minimum Gasteiger partial charge on any atom is -0.351 e. The summed E-state index contributed by atoms with van der Waals surface area (Å²) in [4.78, 5) is 33.6. The van der Waals surface area contributed by atoms with E-state index in [4.69, 9.17) is 0 Å². The van der Waals surface area contributed by atoms with Gasteiger partial charge in [0.05, 0.1) is 0 Å². The zero-order valence-corrected chi connectivity index (χ0v) is 18.8. The van der Waals surface area contributed by atoms with Crippen molar-refractivity contribution < 1.29 is 4.79 Å². The number of carbonyl (C=O) groups excluding carboxylic acids is 1. The highest BCUT2D eigenvalue weighted by Crippen LogP contribution is 2.26. The molecule has 0 unspecified atom stereocenters. The van der Waals surface area contributed by atoms with Gasteiger partial charge in [-0.25, -0.2) is 4.98 Å². The van der Waals surface area contributed by atoms with Crippen molar-refractivity contribution in [2.45, 2.75) is 31.1 Å². The topological polar surface area (TPSA) is 79.6 Å². The van der Waals surface area contributed by atoms with E-state index in [0.29, 0.717) is 23.8 Å². The quantitative estimate of drug-likeness (QED) is 0.590. The predicted octanol–water partition coefficient (Wildman–Crippen LogP) is 3.08.